The average Bonchev–Trinajstić information content (AvgIpc) is 2.25. The van der Waals surface area contributed by atoms with Crippen LogP contribution in [0.1, 0.15) is 18.6 Å². The fraction of sp³-hybridized carbons (Fsp3) is 0.273. The predicted octanol–water partition coefficient (Wildman–Crippen LogP) is 2.94. The van der Waals surface area contributed by atoms with Gasteiger partial charge in [-0.3, -0.25) is 10.1 Å². The maximum atomic E-state index is 10.6. The highest BCUT2D eigenvalue weighted by Gasteiger charge is 2.15. The van der Waals surface area contributed by atoms with Gasteiger partial charge in [0.1, 0.15) is 12.4 Å². The van der Waals surface area contributed by atoms with Gasteiger partial charge in [0, 0.05) is 22.2 Å². The smallest absolute Gasteiger partial charge is 0.270 e. The normalized spacial score (nSPS) is 11.9. The molecule has 0 aliphatic carbocycles. The minimum atomic E-state index is -0.839. The van der Waals surface area contributed by atoms with E-state index in [1.54, 1.807) is 0 Å². The lowest BCUT2D eigenvalue weighted by atomic mass is 10.1. The molecule has 0 saturated heterocycles. The summed E-state index contributed by atoms with van der Waals surface area (Å²) in [5, 5.41) is 20.2. The van der Waals surface area contributed by atoms with Gasteiger partial charge < -0.3 is 9.84 Å². The van der Waals surface area contributed by atoms with Gasteiger partial charge in [0.2, 0.25) is 0 Å². The molecule has 1 N–H and O–H groups in total. The molecule has 1 aromatic carbocycles. The lowest BCUT2D eigenvalue weighted by molar-refractivity contribution is -0.385. The first-order chi connectivity index (χ1) is 7.91. The van der Waals surface area contributed by atoms with Crippen molar-refractivity contribution in [3.63, 3.8) is 0 Å². The van der Waals surface area contributed by atoms with Crippen molar-refractivity contribution in [2.45, 2.75) is 13.0 Å². The van der Waals surface area contributed by atoms with E-state index in [0.29, 0.717) is 15.8 Å². The Kier molecular flexibility index (Phi) is 4.65. The minimum Gasteiger partial charge on any atom is -0.488 e. The Morgan fingerprint density at radius 3 is 2.82 bits per heavy atom. The highest BCUT2D eigenvalue weighted by Crippen LogP contribution is 2.29. The molecule has 0 spiro atoms. The summed E-state index contributed by atoms with van der Waals surface area (Å²) < 4.78 is 6.01. The fourth-order valence-electron chi connectivity index (χ4n) is 1.26. The fourth-order valence-corrected chi connectivity index (χ4v) is 1.38. The molecule has 0 aromatic heterocycles. The van der Waals surface area contributed by atoms with Gasteiger partial charge in [0.25, 0.3) is 5.69 Å². The van der Waals surface area contributed by atoms with Crippen LogP contribution in [0.3, 0.4) is 0 Å². The quantitative estimate of drug-likeness (QED) is 0.670. The Hall–Kier alpha value is -1.40. The second-order valence-electron chi connectivity index (χ2n) is 3.46. The summed E-state index contributed by atoms with van der Waals surface area (Å²) in [5.74, 6) is 0.409. The lowest BCUT2D eigenvalue weighted by Gasteiger charge is -2.12. The molecule has 0 bridgehead atoms. The third-order valence-electron chi connectivity index (χ3n) is 2.04. The number of ether oxygens (including phenoxy) is 1. The van der Waals surface area contributed by atoms with Crippen molar-refractivity contribution < 1.29 is 14.8 Å². The molecule has 0 saturated carbocycles. The van der Waals surface area contributed by atoms with E-state index in [1.165, 1.54) is 25.1 Å². The Morgan fingerprint density at radius 1 is 1.71 bits per heavy atom. The number of non-ortho nitro benzene ring substituents is 1. The zero-order valence-corrected chi connectivity index (χ0v) is 10.8. The van der Waals surface area contributed by atoms with Crippen molar-refractivity contribution in [1.82, 2.24) is 0 Å². The van der Waals surface area contributed by atoms with Crippen LogP contribution < -0.4 is 4.74 Å². The average molecular weight is 302 g/mol. The second-order valence-corrected chi connectivity index (χ2v) is 4.58. The molecule has 6 heteroatoms. The van der Waals surface area contributed by atoms with E-state index in [0.717, 1.165) is 0 Å². The van der Waals surface area contributed by atoms with Crippen LogP contribution in [0, 0.1) is 10.1 Å². The number of nitro benzene ring substituents is 1. The standard InChI is InChI=1S/C11H12BrNO4/c1-7(12)6-17-11-4-3-9(13(15)16)5-10(11)8(2)14/h3-5,8,14H,1,6H2,2H3/t8-/m1/s1. The van der Waals surface area contributed by atoms with Crippen molar-refractivity contribution in [3.05, 3.63) is 44.9 Å². The number of aliphatic hydroxyl groups is 1. The van der Waals surface area contributed by atoms with Gasteiger partial charge in [-0.1, -0.05) is 22.5 Å². The Morgan fingerprint density at radius 2 is 2.35 bits per heavy atom. The van der Waals surface area contributed by atoms with Crippen LogP contribution in [0.5, 0.6) is 5.75 Å². The van der Waals surface area contributed by atoms with Crippen LogP contribution in [-0.2, 0) is 0 Å². The van der Waals surface area contributed by atoms with E-state index in [-0.39, 0.29) is 12.3 Å². The molecule has 0 radical (unpaired) electrons. The highest BCUT2D eigenvalue weighted by atomic mass is 79.9. The van der Waals surface area contributed by atoms with E-state index in [9.17, 15) is 15.2 Å². The monoisotopic (exact) mass is 301 g/mol. The van der Waals surface area contributed by atoms with Gasteiger partial charge >= 0.3 is 0 Å². The third-order valence-corrected chi connectivity index (χ3v) is 2.27. The van der Waals surface area contributed by atoms with E-state index >= 15 is 0 Å². The van der Waals surface area contributed by atoms with Gasteiger partial charge in [0.15, 0.2) is 0 Å². The maximum Gasteiger partial charge on any atom is 0.270 e. The number of nitrogens with zero attached hydrogens (tertiary/aromatic N) is 1. The molecule has 17 heavy (non-hydrogen) atoms. The summed E-state index contributed by atoms with van der Waals surface area (Å²) in [6, 6.07) is 4.10. The SMILES string of the molecule is C=C(Br)COc1ccc([N+](=O)[O-])cc1[C@@H](C)O. The van der Waals surface area contributed by atoms with E-state index < -0.39 is 11.0 Å². The van der Waals surface area contributed by atoms with E-state index in [2.05, 4.69) is 22.5 Å². The molecular weight excluding hydrogens is 290 g/mol. The van der Waals surface area contributed by atoms with Crippen molar-refractivity contribution in [2.24, 2.45) is 0 Å². The van der Waals surface area contributed by atoms with Crippen LogP contribution in [0.2, 0.25) is 0 Å². The maximum absolute atomic E-state index is 10.6. The lowest BCUT2D eigenvalue weighted by Crippen LogP contribution is -2.03. The van der Waals surface area contributed by atoms with Crippen LogP contribution in [0.4, 0.5) is 5.69 Å². The number of rotatable bonds is 5. The number of halogens is 1. The summed E-state index contributed by atoms with van der Waals surface area (Å²) in [5.41, 5.74) is 0.305. The highest BCUT2D eigenvalue weighted by molar-refractivity contribution is 9.11. The summed E-state index contributed by atoms with van der Waals surface area (Å²) in [4.78, 5) is 10.1. The first kappa shape index (κ1) is 13.7. The number of hydrogen-bond donors (Lipinski definition) is 1. The Labute approximate surface area is 107 Å². The summed E-state index contributed by atoms with van der Waals surface area (Å²) in [6.07, 6.45) is -0.839. The van der Waals surface area contributed by atoms with E-state index in [1.807, 2.05) is 0 Å². The van der Waals surface area contributed by atoms with Gasteiger partial charge in [-0.25, -0.2) is 0 Å². The summed E-state index contributed by atoms with van der Waals surface area (Å²) in [6.45, 7) is 5.37. The Balaban J connectivity index is 3.04. The summed E-state index contributed by atoms with van der Waals surface area (Å²) >= 11 is 3.14. The zero-order valence-electron chi connectivity index (χ0n) is 9.22. The molecule has 1 aromatic rings. The van der Waals surface area contributed by atoms with Crippen LogP contribution in [-0.4, -0.2) is 16.6 Å². The molecular formula is C11H12BrNO4. The zero-order chi connectivity index (χ0) is 13.0. The first-order valence-corrected chi connectivity index (χ1v) is 5.63. The molecule has 1 atom stereocenters. The third kappa shape index (κ3) is 3.83. The second kappa shape index (κ2) is 5.79. The first-order valence-electron chi connectivity index (χ1n) is 4.84. The molecule has 0 heterocycles. The van der Waals surface area contributed by atoms with Gasteiger partial charge in [0.05, 0.1) is 11.0 Å². The molecule has 0 amide bonds. The molecule has 1 rings (SSSR count). The van der Waals surface area contributed by atoms with Gasteiger partial charge in [-0.05, 0) is 13.0 Å². The van der Waals surface area contributed by atoms with E-state index in [4.69, 9.17) is 4.74 Å². The van der Waals surface area contributed by atoms with Crippen LogP contribution in [0.15, 0.2) is 29.3 Å². The van der Waals surface area contributed by atoms with Crippen molar-refractivity contribution in [2.75, 3.05) is 6.61 Å². The van der Waals surface area contributed by atoms with Crippen LogP contribution >= 0.6 is 15.9 Å². The molecule has 0 aliphatic rings. The van der Waals surface area contributed by atoms with Gasteiger partial charge in [-0.15, -0.1) is 0 Å². The van der Waals surface area contributed by atoms with Gasteiger partial charge in [-0.2, -0.15) is 0 Å². The number of aliphatic hydroxyl groups excluding tert-OH is 1. The largest absolute Gasteiger partial charge is 0.488 e. The molecule has 0 unspecified atom stereocenters. The van der Waals surface area contributed by atoms with Crippen molar-refractivity contribution in [1.29, 1.82) is 0 Å². The molecule has 0 fully saturated rings. The minimum absolute atomic E-state index is 0.0779. The van der Waals surface area contributed by atoms with Crippen molar-refractivity contribution >= 4 is 21.6 Å². The number of hydrogen-bond acceptors (Lipinski definition) is 4. The molecule has 5 nitrogen and oxygen atoms in total. The Bertz CT molecular complexity index is 445. The topological polar surface area (TPSA) is 72.6 Å². The number of nitro groups is 1. The van der Waals surface area contributed by atoms with Crippen molar-refractivity contribution in [3.8, 4) is 5.75 Å². The predicted molar refractivity (Wildman–Crippen MR) is 67.3 cm³/mol. The summed E-state index contributed by atoms with van der Waals surface area (Å²) in [7, 11) is 0. The number of benzene rings is 1. The molecule has 0 aliphatic heterocycles. The van der Waals surface area contributed by atoms with Crippen LogP contribution in [0.25, 0.3) is 0 Å². The molecule has 92 valence electrons.